The van der Waals surface area contributed by atoms with Crippen LogP contribution in [0.15, 0.2) is 47.3 Å². The highest BCUT2D eigenvalue weighted by Gasteiger charge is 2.24. The minimum atomic E-state index is -0.805. The molecule has 1 aromatic carbocycles. The van der Waals surface area contributed by atoms with Gasteiger partial charge in [-0.05, 0) is 68.0 Å². The molecular formula is C28H37N5O3. The molecule has 8 heteroatoms. The average molecular weight is 492 g/mol. The second kappa shape index (κ2) is 10.6. The number of aliphatic hydroxyl groups excluding tert-OH is 2. The molecule has 3 heterocycles. The number of carbonyl (C=O) groups excluding carboxylic acids is 1. The lowest BCUT2D eigenvalue weighted by Gasteiger charge is -2.26. The summed E-state index contributed by atoms with van der Waals surface area (Å²) in [5.41, 5.74) is 6.55. The molecule has 0 spiro atoms. The van der Waals surface area contributed by atoms with E-state index in [1.807, 2.05) is 32.2 Å². The zero-order chi connectivity index (χ0) is 25.2. The second-order valence-electron chi connectivity index (χ2n) is 10.3. The van der Waals surface area contributed by atoms with Crippen molar-refractivity contribution in [2.45, 2.75) is 58.2 Å². The molecule has 3 aliphatic rings. The highest BCUT2D eigenvalue weighted by atomic mass is 16.3. The fourth-order valence-electron chi connectivity index (χ4n) is 5.76. The number of aliphatic hydroxyl groups is 2. The number of benzene rings is 1. The normalized spacial score (nSPS) is 21.5. The Labute approximate surface area is 212 Å². The van der Waals surface area contributed by atoms with Gasteiger partial charge in [-0.15, -0.1) is 0 Å². The lowest BCUT2D eigenvalue weighted by Crippen LogP contribution is -2.38. The van der Waals surface area contributed by atoms with Gasteiger partial charge in [0.2, 0.25) is 0 Å². The molecule has 1 aromatic heterocycles. The maximum absolute atomic E-state index is 13.5. The van der Waals surface area contributed by atoms with E-state index >= 15 is 0 Å². The number of nitrogens with one attached hydrogen (secondary N) is 2. The molecule has 0 saturated heterocycles. The Morgan fingerprint density at radius 2 is 2.06 bits per heavy atom. The molecule has 36 heavy (non-hydrogen) atoms. The first-order valence-electron chi connectivity index (χ1n) is 13.1. The summed E-state index contributed by atoms with van der Waals surface area (Å²) in [6.45, 7) is 6.65. The van der Waals surface area contributed by atoms with Crippen LogP contribution in [0.3, 0.4) is 0 Å². The fraction of sp³-hybridized carbons (Fsp3) is 0.500. The second-order valence-corrected chi connectivity index (χ2v) is 10.3. The molecule has 1 fully saturated rings. The molecule has 1 amide bonds. The third-order valence-corrected chi connectivity index (χ3v) is 7.79. The number of aromatic nitrogens is 2. The van der Waals surface area contributed by atoms with E-state index in [0.29, 0.717) is 18.2 Å². The van der Waals surface area contributed by atoms with Crippen LogP contribution in [0.5, 0.6) is 0 Å². The van der Waals surface area contributed by atoms with E-state index in [4.69, 9.17) is 5.10 Å². The first-order chi connectivity index (χ1) is 17.4. The molecule has 4 N–H and O–H groups in total. The predicted octanol–water partition coefficient (Wildman–Crippen LogP) is 3.10. The van der Waals surface area contributed by atoms with Crippen LogP contribution in [-0.2, 0) is 0 Å². The van der Waals surface area contributed by atoms with Crippen LogP contribution >= 0.6 is 0 Å². The Balaban J connectivity index is 1.48. The summed E-state index contributed by atoms with van der Waals surface area (Å²) in [7, 11) is 0. The minimum absolute atomic E-state index is 0.162. The third-order valence-electron chi connectivity index (χ3n) is 7.79. The lowest BCUT2D eigenvalue weighted by molar-refractivity contribution is 0.0954. The van der Waals surface area contributed by atoms with E-state index < -0.39 is 6.23 Å². The van der Waals surface area contributed by atoms with Crippen molar-refractivity contribution in [1.82, 2.24) is 25.3 Å². The molecule has 0 bridgehead atoms. The van der Waals surface area contributed by atoms with Crippen LogP contribution in [0.25, 0.3) is 16.5 Å². The summed E-state index contributed by atoms with van der Waals surface area (Å²) in [6.07, 6.45) is 10.8. The lowest BCUT2D eigenvalue weighted by atomic mass is 9.95. The van der Waals surface area contributed by atoms with Crippen LogP contribution in [-0.4, -0.2) is 69.8 Å². The number of fused-ring (bicyclic) bond motifs is 1. The van der Waals surface area contributed by atoms with Gasteiger partial charge in [-0.3, -0.25) is 14.4 Å². The van der Waals surface area contributed by atoms with E-state index in [1.165, 1.54) is 18.4 Å². The van der Waals surface area contributed by atoms with Gasteiger partial charge in [0.1, 0.15) is 6.23 Å². The van der Waals surface area contributed by atoms with Crippen molar-refractivity contribution in [3.05, 3.63) is 58.5 Å². The van der Waals surface area contributed by atoms with Gasteiger partial charge in [0.25, 0.3) is 5.91 Å². The van der Waals surface area contributed by atoms with Gasteiger partial charge in [-0.1, -0.05) is 18.9 Å². The first-order valence-corrected chi connectivity index (χ1v) is 13.1. The molecule has 1 unspecified atom stereocenters. The van der Waals surface area contributed by atoms with Crippen molar-refractivity contribution in [2.75, 3.05) is 32.8 Å². The molecule has 1 atom stereocenters. The molecular weight excluding hydrogens is 454 g/mol. The van der Waals surface area contributed by atoms with Crippen molar-refractivity contribution in [1.29, 1.82) is 0 Å². The highest BCUT2D eigenvalue weighted by molar-refractivity contribution is 6.07. The van der Waals surface area contributed by atoms with Gasteiger partial charge >= 0.3 is 0 Å². The topological polar surface area (TPSA) is 103 Å². The maximum Gasteiger partial charge on any atom is 0.252 e. The summed E-state index contributed by atoms with van der Waals surface area (Å²) in [6, 6.07) is 4.56. The number of carbonyl (C=O) groups is 1. The van der Waals surface area contributed by atoms with E-state index in [2.05, 4.69) is 32.4 Å². The van der Waals surface area contributed by atoms with Crippen molar-refractivity contribution < 1.29 is 15.0 Å². The number of amides is 1. The Kier molecular flexibility index (Phi) is 7.27. The standard InChI is InChI=1S/C28H37N5O3/c1-18-13-19(2)31-28(36)24(18)16-29-27(35)23-14-21(20-7-9-32(10-8-20)11-12-34)15-26-25(23)17-30-33(26)22-5-3-4-6-22/h7,13-15,17,22,28,31,34,36H,3-6,8-12,16H2,1-2H3,(H,29,35). The van der Waals surface area contributed by atoms with Crippen LogP contribution < -0.4 is 10.6 Å². The minimum Gasteiger partial charge on any atom is -0.395 e. The number of hydrogen-bond donors (Lipinski definition) is 4. The predicted molar refractivity (Wildman–Crippen MR) is 141 cm³/mol. The number of rotatable bonds is 7. The van der Waals surface area contributed by atoms with Gasteiger partial charge in [0.05, 0.1) is 29.9 Å². The van der Waals surface area contributed by atoms with Crippen LogP contribution in [0.2, 0.25) is 0 Å². The number of nitrogens with zero attached hydrogens (tertiary/aromatic N) is 3. The maximum atomic E-state index is 13.5. The van der Waals surface area contributed by atoms with E-state index in [0.717, 1.165) is 65.7 Å². The Morgan fingerprint density at radius 3 is 2.75 bits per heavy atom. The molecule has 5 rings (SSSR count). The summed E-state index contributed by atoms with van der Waals surface area (Å²) in [5.74, 6) is -0.162. The van der Waals surface area contributed by atoms with Gasteiger partial charge in [0.15, 0.2) is 0 Å². The van der Waals surface area contributed by atoms with Crippen LogP contribution in [0.4, 0.5) is 0 Å². The quantitative estimate of drug-likeness (QED) is 0.475. The summed E-state index contributed by atoms with van der Waals surface area (Å²) < 4.78 is 2.12. The van der Waals surface area contributed by atoms with E-state index in [9.17, 15) is 15.0 Å². The number of hydrogen-bond acceptors (Lipinski definition) is 6. The van der Waals surface area contributed by atoms with Crippen molar-refractivity contribution in [3.8, 4) is 0 Å². The van der Waals surface area contributed by atoms with Crippen LogP contribution in [0, 0.1) is 0 Å². The smallest absolute Gasteiger partial charge is 0.252 e. The average Bonchev–Trinajstić information content (AvgIpc) is 3.53. The Hall–Kier alpha value is -2.94. The van der Waals surface area contributed by atoms with Gasteiger partial charge in [-0.25, -0.2) is 0 Å². The summed E-state index contributed by atoms with van der Waals surface area (Å²) in [4.78, 5) is 15.8. The molecule has 1 aliphatic carbocycles. The first kappa shape index (κ1) is 24.7. The van der Waals surface area contributed by atoms with Crippen molar-refractivity contribution in [3.63, 3.8) is 0 Å². The van der Waals surface area contributed by atoms with E-state index in [1.54, 1.807) is 0 Å². The molecule has 192 valence electrons. The van der Waals surface area contributed by atoms with Gasteiger partial charge < -0.3 is 20.8 Å². The van der Waals surface area contributed by atoms with Gasteiger partial charge in [0, 0.05) is 42.8 Å². The van der Waals surface area contributed by atoms with Crippen LogP contribution in [0.1, 0.15) is 67.9 Å². The zero-order valence-electron chi connectivity index (χ0n) is 21.3. The number of allylic oxidation sites excluding steroid dienone is 3. The monoisotopic (exact) mass is 491 g/mol. The molecule has 0 radical (unpaired) electrons. The number of dihydropyridines is 1. The summed E-state index contributed by atoms with van der Waals surface area (Å²) in [5, 5.41) is 31.4. The van der Waals surface area contributed by atoms with E-state index in [-0.39, 0.29) is 19.1 Å². The molecule has 2 aromatic rings. The SMILES string of the molecule is CC1=CC(C)=C(CNC(=O)c2cc(C3=CCN(CCO)CC3)cc3c2cnn3C2CCCC2)C(O)N1. The summed E-state index contributed by atoms with van der Waals surface area (Å²) >= 11 is 0. The van der Waals surface area contributed by atoms with Crippen molar-refractivity contribution in [2.24, 2.45) is 0 Å². The molecule has 1 saturated carbocycles. The van der Waals surface area contributed by atoms with Crippen molar-refractivity contribution >= 4 is 22.4 Å². The molecule has 8 nitrogen and oxygen atoms in total. The zero-order valence-corrected chi connectivity index (χ0v) is 21.3. The largest absolute Gasteiger partial charge is 0.395 e. The Morgan fingerprint density at radius 1 is 1.25 bits per heavy atom. The van der Waals surface area contributed by atoms with Gasteiger partial charge in [-0.2, -0.15) is 5.10 Å². The number of β-amino-alcohol motifs (C(OH)–C–C–N with tert-alkyl or cyclic N) is 1. The fourth-order valence-corrected chi connectivity index (χ4v) is 5.76. The highest BCUT2D eigenvalue weighted by Crippen LogP contribution is 2.35. The molecule has 2 aliphatic heterocycles. The third kappa shape index (κ3) is 4.98. The Bertz CT molecular complexity index is 1240.